The highest BCUT2D eigenvalue weighted by Gasteiger charge is 2.37. The van der Waals surface area contributed by atoms with Gasteiger partial charge in [0.05, 0.1) is 5.88 Å². The standard InChI is InChI=1S/C8H11ClN2O2/c1-8(3-2-4-12-8)7-10-6(5-9)11-13-7/h2-5H2,1H3. The Bertz CT molecular complexity index is 294. The molecule has 0 aliphatic carbocycles. The molecule has 72 valence electrons. The second kappa shape index (κ2) is 3.27. The molecule has 2 heterocycles. The number of nitrogens with zero attached hydrogens (tertiary/aromatic N) is 2. The molecule has 1 aliphatic heterocycles. The van der Waals surface area contributed by atoms with Crippen LogP contribution in [0.15, 0.2) is 4.52 Å². The molecule has 1 aromatic heterocycles. The normalized spacial score (nSPS) is 28.2. The first-order chi connectivity index (χ1) is 6.24. The second-order valence-electron chi connectivity index (χ2n) is 3.33. The highest BCUT2D eigenvalue weighted by molar-refractivity contribution is 6.16. The van der Waals surface area contributed by atoms with Gasteiger partial charge in [-0.2, -0.15) is 4.98 Å². The van der Waals surface area contributed by atoms with Gasteiger partial charge >= 0.3 is 0 Å². The molecule has 0 bridgehead atoms. The van der Waals surface area contributed by atoms with Crippen LogP contribution in [0, 0.1) is 0 Å². The molecule has 1 aliphatic rings. The van der Waals surface area contributed by atoms with Gasteiger partial charge in [0.25, 0.3) is 5.89 Å². The Morgan fingerprint density at radius 3 is 3.00 bits per heavy atom. The smallest absolute Gasteiger partial charge is 0.258 e. The summed E-state index contributed by atoms with van der Waals surface area (Å²) in [7, 11) is 0. The van der Waals surface area contributed by atoms with E-state index in [2.05, 4.69) is 10.1 Å². The van der Waals surface area contributed by atoms with Gasteiger partial charge in [0.15, 0.2) is 5.82 Å². The molecule has 5 heteroatoms. The number of hydrogen-bond acceptors (Lipinski definition) is 4. The molecule has 1 unspecified atom stereocenters. The lowest BCUT2D eigenvalue weighted by Crippen LogP contribution is -2.20. The average molecular weight is 203 g/mol. The van der Waals surface area contributed by atoms with E-state index in [9.17, 15) is 0 Å². The maximum atomic E-state index is 5.57. The summed E-state index contributed by atoms with van der Waals surface area (Å²) >= 11 is 5.57. The molecular weight excluding hydrogens is 192 g/mol. The summed E-state index contributed by atoms with van der Waals surface area (Å²) in [5.74, 6) is 1.34. The van der Waals surface area contributed by atoms with Crippen molar-refractivity contribution < 1.29 is 9.26 Å². The van der Waals surface area contributed by atoms with Crippen molar-refractivity contribution in [2.24, 2.45) is 0 Å². The number of alkyl halides is 1. The van der Waals surface area contributed by atoms with Crippen LogP contribution >= 0.6 is 11.6 Å². The Labute approximate surface area is 81.2 Å². The topological polar surface area (TPSA) is 48.2 Å². The van der Waals surface area contributed by atoms with Crippen molar-refractivity contribution in [1.82, 2.24) is 10.1 Å². The third-order valence-electron chi connectivity index (χ3n) is 2.26. The number of rotatable bonds is 2. The van der Waals surface area contributed by atoms with Gasteiger partial charge in [-0.1, -0.05) is 5.16 Å². The van der Waals surface area contributed by atoms with Gasteiger partial charge in [-0.3, -0.25) is 0 Å². The van der Waals surface area contributed by atoms with Gasteiger partial charge < -0.3 is 9.26 Å². The fourth-order valence-electron chi connectivity index (χ4n) is 1.47. The van der Waals surface area contributed by atoms with E-state index in [1.807, 2.05) is 6.92 Å². The lowest BCUT2D eigenvalue weighted by Gasteiger charge is -2.16. The molecule has 1 fully saturated rings. The molecular formula is C8H11ClN2O2. The number of aromatic nitrogens is 2. The number of ether oxygens (including phenoxy) is 1. The first-order valence-electron chi connectivity index (χ1n) is 4.27. The lowest BCUT2D eigenvalue weighted by atomic mass is 10.0. The summed E-state index contributed by atoms with van der Waals surface area (Å²) in [4.78, 5) is 4.15. The van der Waals surface area contributed by atoms with Gasteiger partial charge in [-0.25, -0.2) is 0 Å². The Morgan fingerprint density at radius 2 is 2.46 bits per heavy atom. The van der Waals surface area contributed by atoms with Crippen LogP contribution in [-0.2, 0) is 16.2 Å². The summed E-state index contributed by atoms with van der Waals surface area (Å²) in [6.45, 7) is 2.72. The van der Waals surface area contributed by atoms with Crippen LogP contribution in [0.1, 0.15) is 31.5 Å². The van der Waals surface area contributed by atoms with Crippen LogP contribution in [-0.4, -0.2) is 16.7 Å². The Kier molecular flexibility index (Phi) is 2.26. The van der Waals surface area contributed by atoms with Gasteiger partial charge in [0.1, 0.15) is 5.60 Å². The fraction of sp³-hybridized carbons (Fsp3) is 0.750. The molecule has 4 nitrogen and oxygen atoms in total. The molecule has 1 atom stereocenters. The lowest BCUT2D eigenvalue weighted by molar-refractivity contribution is -0.00937. The van der Waals surface area contributed by atoms with Crippen molar-refractivity contribution in [2.75, 3.05) is 6.61 Å². The Hall–Kier alpha value is -0.610. The van der Waals surface area contributed by atoms with Crippen LogP contribution in [0.4, 0.5) is 0 Å². The van der Waals surface area contributed by atoms with Crippen LogP contribution in [0.2, 0.25) is 0 Å². The minimum Gasteiger partial charge on any atom is -0.365 e. The van der Waals surface area contributed by atoms with E-state index < -0.39 is 5.60 Å². The van der Waals surface area contributed by atoms with E-state index >= 15 is 0 Å². The third-order valence-corrected chi connectivity index (χ3v) is 2.50. The highest BCUT2D eigenvalue weighted by atomic mass is 35.5. The molecule has 0 saturated carbocycles. The van der Waals surface area contributed by atoms with Crippen LogP contribution in [0.5, 0.6) is 0 Å². The first kappa shape index (κ1) is 8.97. The monoisotopic (exact) mass is 202 g/mol. The SMILES string of the molecule is CC1(c2nc(CCl)no2)CCCO1. The minimum atomic E-state index is -0.392. The van der Waals surface area contributed by atoms with Gasteiger partial charge in [0.2, 0.25) is 0 Å². The quantitative estimate of drug-likeness (QED) is 0.687. The molecule has 0 amide bonds. The first-order valence-corrected chi connectivity index (χ1v) is 4.81. The summed E-state index contributed by atoms with van der Waals surface area (Å²) in [5, 5.41) is 3.73. The van der Waals surface area contributed by atoms with Crippen LogP contribution in [0.3, 0.4) is 0 Å². The van der Waals surface area contributed by atoms with Gasteiger partial charge in [0, 0.05) is 6.61 Å². The van der Waals surface area contributed by atoms with Crippen molar-refractivity contribution in [3.63, 3.8) is 0 Å². The predicted molar refractivity (Wildman–Crippen MR) is 46.4 cm³/mol. The molecule has 2 rings (SSSR count). The summed E-state index contributed by atoms with van der Waals surface area (Å²) in [6, 6.07) is 0. The molecule has 0 N–H and O–H groups in total. The number of hydrogen-bond donors (Lipinski definition) is 0. The van der Waals surface area contributed by atoms with E-state index in [1.54, 1.807) is 0 Å². The van der Waals surface area contributed by atoms with E-state index in [0.717, 1.165) is 19.4 Å². The zero-order valence-corrected chi connectivity index (χ0v) is 8.17. The Morgan fingerprint density at radius 1 is 1.62 bits per heavy atom. The second-order valence-corrected chi connectivity index (χ2v) is 3.60. The molecule has 1 aromatic rings. The molecule has 0 aromatic carbocycles. The molecule has 0 spiro atoms. The molecule has 0 radical (unpaired) electrons. The summed E-state index contributed by atoms with van der Waals surface area (Å²) in [5.41, 5.74) is -0.392. The van der Waals surface area contributed by atoms with E-state index in [1.165, 1.54) is 0 Å². The maximum Gasteiger partial charge on any atom is 0.258 e. The van der Waals surface area contributed by atoms with Gasteiger partial charge in [-0.15, -0.1) is 11.6 Å². The zero-order chi connectivity index (χ0) is 9.31. The van der Waals surface area contributed by atoms with Crippen molar-refractivity contribution in [1.29, 1.82) is 0 Å². The van der Waals surface area contributed by atoms with E-state index in [0.29, 0.717) is 11.7 Å². The van der Waals surface area contributed by atoms with Gasteiger partial charge in [-0.05, 0) is 19.8 Å². The summed E-state index contributed by atoms with van der Waals surface area (Å²) < 4.78 is 10.6. The molecule has 13 heavy (non-hydrogen) atoms. The van der Waals surface area contributed by atoms with Crippen molar-refractivity contribution >= 4 is 11.6 Å². The van der Waals surface area contributed by atoms with E-state index in [4.69, 9.17) is 20.9 Å². The molecule has 1 saturated heterocycles. The van der Waals surface area contributed by atoms with E-state index in [-0.39, 0.29) is 5.88 Å². The zero-order valence-electron chi connectivity index (χ0n) is 7.42. The summed E-state index contributed by atoms with van der Waals surface area (Å²) in [6.07, 6.45) is 1.96. The highest BCUT2D eigenvalue weighted by Crippen LogP contribution is 2.34. The average Bonchev–Trinajstić information content (AvgIpc) is 2.72. The Balaban J connectivity index is 2.23. The minimum absolute atomic E-state index is 0.277. The van der Waals surface area contributed by atoms with Crippen molar-refractivity contribution in [3.8, 4) is 0 Å². The van der Waals surface area contributed by atoms with Crippen molar-refractivity contribution in [3.05, 3.63) is 11.7 Å². The predicted octanol–water partition coefficient (Wildman–Crippen LogP) is 1.83. The number of halogens is 1. The third kappa shape index (κ3) is 1.56. The maximum absolute atomic E-state index is 5.57. The van der Waals surface area contributed by atoms with Crippen molar-refractivity contribution in [2.45, 2.75) is 31.2 Å². The van der Waals surface area contributed by atoms with Crippen LogP contribution in [0.25, 0.3) is 0 Å². The largest absolute Gasteiger partial charge is 0.365 e. The van der Waals surface area contributed by atoms with Crippen LogP contribution < -0.4 is 0 Å². The fourth-order valence-corrected chi connectivity index (χ4v) is 1.58.